The Bertz CT molecular complexity index is 724. The van der Waals surface area contributed by atoms with Crippen LogP contribution < -0.4 is 4.74 Å². The van der Waals surface area contributed by atoms with E-state index in [1.807, 2.05) is 19.1 Å². The van der Waals surface area contributed by atoms with Crippen LogP contribution in [0.1, 0.15) is 44.6 Å². The lowest BCUT2D eigenvalue weighted by Crippen LogP contribution is -2.46. The van der Waals surface area contributed by atoms with Crippen molar-refractivity contribution >= 4 is 10.0 Å². The van der Waals surface area contributed by atoms with Crippen LogP contribution in [0.3, 0.4) is 0 Å². The molecule has 0 aliphatic carbocycles. The molecule has 2 aliphatic heterocycles. The molecule has 0 amide bonds. The zero-order valence-electron chi connectivity index (χ0n) is 17.9. The predicted octanol–water partition coefficient (Wildman–Crippen LogP) is 2.88. The number of nitrogens with zero attached hydrogens (tertiary/aromatic N) is 2. The summed E-state index contributed by atoms with van der Waals surface area (Å²) >= 11 is 0. The smallest absolute Gasteiger partial charge is 0.211 e. The molecule has 1 aromatic carbocycles. The van der Waals surface area contributed by atoms with Crippen LogP contribution in [0.4, 0.5) is 0 Å². The van der Waals surface area contributed by atoms with Crippen LogP contribution in [0.2, 0.25) is 0 Å². The Morgan fingerprint density at radius 3 is 2.38 bits per heavy atom. The maximum absolute atomic E-state index is 12.2. The zero-order valence-corrected chi connectivity index (χ0v) is 18.8. The second-order valence-corrected chi connectivity index (χ2v) is 10.3. The first-order chi connectivity index (χ1) is 13.9. The summed E-state index contributed by atoms with van der Waals surface area (Å²) in [6, 6.07) is 8.27. The van der Waals surface area contributed by atoms with Crippen LogP contribution in [-0.4, -0.2) is 76.4 Å². The number of hydrogen-bond acceptors (Lipinski definition) is 5. The molecule has 1 aromatic rings. The van der Waals surface area contributed by atoms with E-state index in [2.05, 4.69) is 17.0 Å². The van der Waals surface area contributed by atoms with Crippen molar-refractivity contribution in [2.24, 2.45) is 0 Å². The number of ether oxygens (including phenoxy) is 2. The maximum atomic E-state index is 12.2. The monoisotopic (exact) mass is 424 g/mol. The first-order valence-corrected chi connectivity index (χ1v) is 12.8. The van der Waals surface area contributed by atoms with Crippen LogP contribution in [0.5, 0.6) is 5.75 Å². The van der Waals surface area contributed by atoms with Gasteiger partial charge >= 0.3 is 0 Å². The van der Waals surface area contributed by atoms with Crippen molar-refractivity contribution in [1.29, 1.82) is 0 Å². The van der Waals surface area contributed by atoms with E-state index in [1.165, 1.54) is 37.8 Å². The molecule has 3 rings (SSSR count). The van der Waals surface area contributed by atoms with Gasteiger partial charge in [0.05, 0.1) is 12.9 Å². The summed E-state index contributed by atoms with van der Waals surface area (Å²) in [4.78, 5) is 2.50. The number of rotatable bonds is 10. The molecule has 0 saturated carbocycles. The molecule has 0 radical (unpaired) electrons. The van der Waals surface area contributed by atoms with Gasteiger partial charge in [-0.3, -0.25) is 0 Å². The molecule has 2 saturated heterocycles. The van der Waals surface area contributed by atoms with Gasteiger partial charge in [0.2, 0.25) is 10.0 Å². The summed E-state index contributed by atoms with van der Waals surface area (Å²) in [7, 11) is -3.23. The van der Waals surface area contributed by atoms with E-state index >= 15 is 0 Å². The van der Waals surface area contributed by atoms with E-state index in [-0.39, 0.29) is 5.41 Å². The zero-order chi connectivity index (χ0) is 20.7. The van der Waals surface area contributed by atoms with E-state index in [4.69, 9.17) is 9.47 Å². The highest BCUT2D eigenvalue weighted by atomic mass is 32.2. The molecule has 0 bridgehead atoms. The highest BCUT2D eigenvalue weighted by Gasteiger charge is 2.38. The Kier molecular flexibility index (Phi) is 7.96. The molecule has 0 atom stereocenters. The van der Waals surface area contributed by atoms with Gasteiger partial charge in [0.25, 0.3) is 0 Å². The van der Waals surface area contributed by atoms with Crippen molar-refractivity contribution in [3.8, 4) is 5.75 Å². The van der Waals surface area contributed by atoms with Gasteiger partial charge in [0.15, 0.2) is 0 Å². The summed E-state index contributed by atoms with van der Waals surface area (Å²) in [6.07, 6.45) is 6.64. The number of likely N-dealkylation sites (tertiary alicyclic amines) is 1. The lowest BCUT2D eigenvalue weighted by Gasteiger charge is -2.40. The maximum Gasteiger partial charge on any atom is 0.211 e. The van der Waals surface area contributed by atoms with Gasteiger partial charge in [-0.15, -0.1) is 0 Å². The van der Waals surface area contributed by atoms with Crippen molar-refractivity contribution in [1.82, 2.24) is 9.21 Å². The van der Waals surface area contributed by atoms with E-state index in [0.717, 1.165) is 38.2 Å². The minimum absolute atomic E-state index is 0.203. The molecule has 2 heterocycles. The van der Waals surface area contributed by atoms with E-state index in [9.17, 15) is 8.42 Å². The Morgan fingerprint density at radius 1 is 1.14 bits per heavy atom. The van der Waals surface area contributed by atoms with Crippen molar-refractivity contribution in [2.75, 3.05) is 58.8 Å². The van der Waals surface area contributed by atoms with Crippen molar-refractivity contribution in [3.05, 3.63) is 29.8 Å². The van der Waals surface area contributed by atoms with Gasteiger partial charge in [0, 0.05) is 38.3 Å². The molecule has 6 nitrogen and oxygen atoms in total. The fourth-order valence-corrected chi connectivity index (χ4v) is 5.44. The summed E-state index contributed by atoms with van der Waals surface area (Å²) in [5.74, 6) is 0.882. The number of sulfonamides is 1. The summed E-state index contributed by atoms with van der Waals surface area (Å²) in [5, 5.41) is 0. The fourth-order valence-electron chi connectivity index (χ4n) is 4.49. The second-order valence-electron chi connectivity index (χ2n) is 8.36. The first-order valence-electron chi connectivity index (χ1n) is 10.9. The molecule has 0 N–H and O–H groups in total. The Morgan fingerprint density at radius 2 is 1.79 bits per heavy atom. The van der Waals surface area contributed by atoms with Gasteiger partial charge in [-0.05, 0) is 62.9 Å². The third kappa shape index (κ3) is 6.17. The average Bonchev–Trinajstić information content (AvgIpc) is 3.23. The van der Waals surface area contributed by atoms with Crippen molar-refractivity contribution in [2.45, 2.75) is 44.4 Å². The van der Waals surface area contributed by atoms with Crippen LogP contribution in [-0.2, 0) is 20.2 Å². The van der Waals surface area contributed by atoms with Crippen LogP contribution in [0, 0.1) is 0 Å². The standard InChI is InChI=1S/C22H36N2O4S/c1-3-24(29(2,25)26)19-22(11-17-27-18-12-22)20-7-9-21(10-8-20)28-16-6-15-23-13-4-5-14-23/h7-10H,3-6,11-19H2,1-2H3. The van der Waals surface area contributed by atoms with Gasteiger partial charge in [-0.25, -0.2) is 12.7 Å². The summed E-state index contributed by atoms with van der Waals surface area (Å²) < 4.78 is 37.5. The number of benzene rings is 1. The van der Waals surface area contributed by atoms with Crippen LogP contribution in [0.25, 0.3) is 0 Å². The number of likely N-dealkylation sites (N-methyl/N-ethyl adjacent to an activating group) is 1. The van der Waals surface area contributed by atoms with E-state index in [1.54, 1.807) is 4.31 Å². The topological polar surface area (TPSA) is 59.1 Å². The predicted molar refractivity (Wildman–Crippen MR) is 116 cm³/mol. The Balaban J connectivity index is 1.62. The minimum Gasteiger partial charge on any atom is -0.494 e. The minimum atomic E-state index is -3.23. The van der Waals surface area contributed by atoms with Gasteiger partial charge in [-0.2, -0.15) is 0 Å². The SMILES string of the molecule is CCN(CC1(c2ccc(OCCCN3CCCC3)cc2)CCOCC1)S(C)(=O)=O. The number of hydrogen-bond donors (Lipinski definition) is 0. The summed E-state index contributed by atoms with van der Waals surface area (Å²) in [6.45, 7) is 8.50. The van der Waals surface area contributed by atoms with Gasteiger partial charge < -0.3 is 14.4 Å². The normalized spacial score (nSPS) is 20.2. The Labute approximate surface area is 176 Å². The molecule has 164 valence electrons. The summed E-state index contributed by atoms with van der Waals surface area (Å²) in [5.41, 5.74) is 0.971. The molecule has 0 unspecified atom stereocenters. The lowest BCUT2D eigenvalue weighted by atomic mass is 9.74. The molecule has 29 heavy (non-hydrogen) atoms. The average molecular weight is 425 g/mol. The molecule has 0 spiro atoms. The van der Waals surface area contributed by atoms with E-state index in [0.29, 0.717) is 26.3 Å². The second kappa shape index (κ2) is 10.2. The molecule has 0 aromatic heterocycles. The van der Waals surface area contributed by atoms with E-state index < -0.39 is 10.0 Å². The lowest BCUT2D eigenvalue weighted by molar-refractivity contribution is 0.0433. The van der Waals surface area contributed by atoms with Crippen molar-refractivity contribution in [3.63, 3.8) is 0 Å². The van der Waals surface area contributed by atoms with Crippen LogP contribution >= 0.6 is 0 Å². The molecule has 7 heteroatoms. The molecule has 2 fully saturated rings. The molecule has 2 aliphatic rings. The Hall–Kier alpha value is -1.15. The fraction of sp³-hybridized carbons (Fsp3) is 0.727. The molecular formula is C22H36N2O4S. The largest absolute Gasteiger partial charge is 0.494 e. The van der Waals surface area contributed by atoms with Gasteiger partial charge in [0.1, 0.15) is 5.75 Å². The van der Waals surface area contributed by atoms with Crippen molar-refractivity contribution < 1.29 is 17.9 Å². The van der Waals surface area contributed by atoms with Gasteiger partial charge in [-0.1, -0.05) is 19.1 Å². The third-order valence-electron chi connectivity index (χ3n) is 6.30. The highest BCUT2D eigenvalue weighted by Crippen LogP contribution is 2.37. The third-order valence-corrected chi connectivity index (χ3v) is 7.63. The first kappa shape index (κ1) is 22.5. The van der Waals surface area contributed by atoms with Crippen LogP contribution in [0.15, 0.2) is 24.3 Å². The quantitative estimate of drug-likeness (QED) is 0.541. The molecular weight excluding hydrogens is 388 g/mol. The highest BCUT2D eigenvalue weighted by molar-refractivity contribution is 7.88.